The highest BCUT2D eigenvalue weighted by Crippen LogP contribution is 2.30. The first kappa shape index (κ1) is 16.5. The summed E-state index contributed by atoms with van der Waals surface area (Å²) in [4.78, 5) is 0. The number of hydrogen-bond donors (Lipinski definition) is 1. The van der Waals surface area contributed by atoms with E-state index in [9.17, 15) is 0 Å². The molecule has 0 saturated heterocycles. The van der Waals surface area contributed by atoms with Gasteiger partial charge in [-0.25, -0.2) is 0 Å². The molecule has 112 valence electrons. The van der Waals surface area contributed by atoms with Crippen molar-refractivity contribution in [3.63, 3.8) is 0 Å². The summed E-state index contributed by atoms with van der Waals surface area (Å²) >= 11 is 0. The van der Waals surface area contributed by atoms with Crippen LogP contribution in [0.25, 0.3) is 0 Å². The molecule has 0 amide bonds. The normalized spacial score (nSPS) is 10.8. The van der Waals surface area contributed by atoms with Gasteiger partial charge in [0.1, 0.15) is 0 Å². The predicted molar refractivity (Wildman–Crippen MR) is 98.3 cm³/mol. The first-order valence-electron chi connectivity index (χ1n) is 7.23. The minimum absolute atomic E-state index is 0. The lowest BCUT2D eigenvalue weighted by Gasteiger charge is -2.31. The molecule has 0 heterocycles. The van der Waals surface area contributed by atoms with Crippen molar-refractivity contribution in [2.24, 2.45) is 5.73 Å². The summed E-state index contributed by atoms with van der Waals surface area (Å²) in [6, 6.07) is 31.1. The van der Waals surface area contributed by atoms with Gasteiger partial charge < -0.3 is 5.73 Å². The van der Waals surface area contributed by atoms with Gasteiger partial charge in [0.15, 0.2) is 0 Å². The summed E-state index contributed by atoms with van der Waals surface area (Å²) < 4.78 is 0. The smallest absolute Gasteiger partial charge is 0.0706 e. The lowest BCUT2D eigenvalue weighted by atomic mass is 9.79. The molecule has 0 aliphatic carbocycles. The zero-order valence-electron chi connectivity index (χ0n) is 12.4. The van der Waals surface area contributed by atoms with Gasteiger partial charge in [0.2, 0.25) is 0 Å². The van der Waals surface area contributed by atoms with Gasteiger partial charge in [-0.15, -0.1) is 17.0 Å². The number of nitrogens with two attached hydrogens (primary N) is 1. The Morgan fingerprint density at radius 1 is 0.591 bits per heavy atom. The highest BCUT2D eigenvalue weighted by atomic mass is 79.9. The van der Waals surface area contributed by atoms with Crippen LogP contribution in [0, 0.1) is 0 Å². The molecule has 0 fully saturated rings. The number of halogens is 1. The molecule has 3 rings (SSSR count). The number of benzene rings is 3. The zero-order valence-corrected chi connectivity index (χ0v) is 14.1. The van der Waals surface area contributed by atoms with Crippen molar-refractivity contribution in [1.29, 1.82) is 0 Å². The Kier molecular flexibility index (Phi) is 5.53. The van der Waals surface area contributed by atoms with Crippen LogP contribution in [0.15, 0.2) is 91.0 Å². The molecule has 2 heteroatoms. The van der Waals surface area contributed by atoms with Crippen LogP contribution >= 0.6 is 17.0 Å². The molecule has 3 aromatic rings. The third-order valence-corrected chi connectivity index (χ3v) is 3.90. The van der Waals surface area contributed by atoms with E-state index in [1.807, 2.05) is 42.5 Å². The molecule has 0 aliphatic rings. The summed E-state index contributed by atoms with van der Waals surface area (Å²) in [7, 11) is 0. The monoisotopic (exact) mass is 353 g/mol. The van der Waals surface area contributed by atoms with Crippen LogP contribution < -0.4 is 5.73 Å². The molecule has 2 N–H and O–H groups in total. The van der Waals surface area contributed by atoms with E-state index in [4.69, 9.17) is 5.73 Å². The molecule has 0 unspecified atom stereocenters. The first-order chi connectivity index (χ1) is 10.3. The summed E-state index contributed by atoms with van der Waals surface area (Å²) in [6.45, 7) is 0. The second-order valence-electron chi connectivity index (χ2n) is 5.37. The zero-order chi connectivity index (χ0) is 14.5. The fraction of sp³-hybridized carbons (Fsp3) is 0.100. The van der Waals surface area contributed by atoms with Gasteiger partial charge in [0, 0.05) is 0 Å². The topological polar surface area (TPSA) is 26.0 Å². The van der Waals surface area contributed by atoms with Gasteiger partial charge in [-0.05, 0) is 23.1 Å². The van der Waals surface area contributed by atoms with E-state index in [1.54, 1.807) is 0 Å². The second kappa shape index (κ2) is 7.39. The van der Waals surface area contributed by atoms with E-state index in [0.717, 1.165) is 17.5 Å². The second-order valence-corrected chi connectivity index (χ2v) is 5.37. The van der Waals surface area contributed by atoms with Gasteiger partial charge in [0.25, 0.3) is 0 Å². The molecule has 1 nitrogen and oxygen atoms in total. The molecule has 0 saturated carbocycles. The van der Waals surface area contributed by atoms with Crippen LogP contribution in [-0.2, 0) is 12.0 Å². The molecule has 0 radical (unpaired) electrons. The fourth-order valence-electron chi connectivity index (χ4n) is 2.76. The Morgan fingerprint density at radius 2 is 0.955 bits per heavy atom. The molecular weight excluding hydrogens is 334 g/mol. The van der Waals surface area contributed by atoms with Crippen LogP contribution in [-0.4, -0.2) is 0 Å². The Hall–Kier alpha value is -1.90. The third-order valence-electron chi connectivity index (χ3n) is 3.90. The molecule has 0 aromatic heterocycles. The highest BCUT2D eigenvalue weighted by molar-refractivity contribution is 8.93. The van der Waals surface area contributed by atoms with Crippen LogP contribution in [0.5, 0.6) is 0 Å². The van der Waals surface area contributed by atoms with Gasteiger partial charge in [-0.1, -0.05) is 91.0 Å². The van der Waals surface area contributed by atoms with Crippen molar-refractivity contribution >= 4 is 17.0 Å². The minimum atomic E-state index is -0.510. The van der Waals surface area contributed by atoms with Crippen molar-refractivity contribution in [3.8, 4) is 0 Å². The minimum Gasteiger partial charge on any atom is -0.317 e. The van der Waals surface area contributed by atoms with E-state index in [-0.39, 0.29) is 17.0 Å². The van der Waals surface area contributed by atoms with Crippen LogP contribution in [0.1, 0.15) is 16.7 Å². The quantitative estimate of drug-likeness (QED) is 0.722. The van der Waals surface area contributed by atoms with Crippen molar-refractivity contribution < 1.29 is 0 Å². The first-order valence-corrected chi connectivity index (χ1v) is 7.23. The van der Waals surface area contributed by atoms with Gasteiger partial charge in [-0.2, -0.15) is 0 Å². The third kappa shape index (κ3) is 3.46. The molecule has 0 atom stereocenters. The van der Waals surface area contributed by atoms with Gasteiger partial charge in [-0.3, -0.25) is 0 Å². The summed E-state index contributed by atoms with van der Waals surface area (Å²) in [5.41, 5.74) is 9.88. The molecule has 3 aromatic carbocycles. The Labute approximate surface area is 142 Å². The standard InChI is InChI=1S/C20H19N.BrH/c21-20(18-12-6-2-7-13-18,19-14-8-3-9-15-19)16-17-10-4-1-5-11-17;/h1-15H,16,21H2;1H. The van der Waals surface area contributed by atoms with E-state index in [2.05, 4.69) is 48.5 Å². The van der Waals surface area contributed by atoms with Crippen molar-refractivity contribution in [3.05, 3.63) is 108 Å². The van der Waals surface area contributed by atoms with E-state index in [0.29, 0.717) is 0 Å². The molecule has 0 spiro atoms. The Morgan fingerprint density at radius 3 is 1.36 bits per heavy atom. The van der Waals surface area contributed by atoms with Crippen LogP contribution in [0.3, 0.4) is 0 Å². The number of rotatable bonds is 4. The molecular formula is C20H20BrN. The Bertz CT molecular complexity index is 641. The van der Waals surface area contributed by atoms with E-state index >= 15 is 0 Å². The largest absolute Gasteiger partial charge is 0.317 e. The molecule has 0 aliphatic heterocycles. The predicted octanol–water partition coefficient (Wildman–Crippen LogP) is 4.71. The highest BCUT2D eigenvalue weighted by Gasteiger charge is 2.29. The van der Waals surface area contributed by atoms with Crippen molar-refractivity contribution in [2.75, 3.05) is 0 Å². The average molecular weight is 354 g/mol. The summed E-state index contributed by atoms with van der Waals surface area (Å²) in [5.74, 6) is 0. The van der Waals surface area contributed by atoms with E-state index in [1.165, 1.54) is 5.56 Å². The average Bonchev–Trinajstić information content (AvgIpc) is 2.57. The summed E-state index contributed by atoms with van der Waals surface area (Å²) in [6.07, 6.45) is 0.780. The number of hydrogen-bond acceptors (Lipinski definition) is 1. The van der Waals surface area contributed by atoms with Crippen molar-refractivity contribution in [2.45, 2.75) is 12.0 Å². The Balaban J connectivity index is 0.00000176. The maximum atomic E-state index is 6.87. The summed E-state index contributed by atoms with van der Waals surface area (Å²) in [5, 5.41) is 0. The van der Waals surface area contributed by atoms with Crippen LogP contribution in [0.2, 0.25) is 0 Å². The maximum Gasteiger partial charge on any atom is 0.0706 e. The van der Waals surface area contributed by atoms with Crippen molar-refractivity contribution in [1.82, 2.24) is 0 Å². The SMILES string of the molecule is Br.NC(Cc1ccccc1)(c1ccccc1)c1ccccc1. The molecule has 0 bridgehead atoms. The lowest BCUT2D eigenvalue weighted by Crippen LogP contribution is -2.40. The maximum absolute atomic E-state index is 6.87. The fourth-order valence-corrected chi connectivity index (χ4v) is 2.76. The van der Waals surface area contributed by atoms with E-state index < -0.39 is 5.54 Å². The van der Waals surface area contributed by atoms with Gasteiger partial charge >= 0.3 is 0 Å². The lowest BCUT2D eigenvalue weighted by molar-refractivity contribution is 0.535. The van der Waals surface area contributed by atoms with Gasteiger partial charge in [0.05, 0.1) is 5.54 Å². The molecule has 22 heavy (non-hydrogen) atoms. The van der Waals surface area contributed by atoms with Crippen LogP contribution in [0.4, 0.5) is 0 Å².